The van der Waals surface area contributed by atoms with Gasteiger partial charge in [0.1, 0.15) is 0 Å². The van der Waals surface area contributed by atoms with Crippen LogP contribution in [0.4, 0.5) is 26.3 Å². The van der Waals surface area contributed by atoms with Crippen molar-refractivity contribution in [2.24, 2.45) is 11.8 Å². The standard InChI is InChI=1S/C20H27F3O.C8H16F3N/c1-3-8-17(24-4-2)14-15-9-7-10-16(13-15)18-11-5-6-12-19(18)20(21,22)23;1-7(2)3-5-12-6-4-8(9,10)11/h5-6,8,11-12,15-16H,3-4,7,9-10,13-14H2,1-2H3;7,12H,3-6H2,1-2H3/b17-8+;. The molecule has 1 saturated carbocycles. The minimum atomic E-state index is -4.28. The van der Waals surface area contributed by atoms with Crippen molar-refractivity contribution >= 4 is 0 Å². The summed E-state index contributed by atoms with van der Waals surface area (Å²) in [6.07, 6.45) is -0.556. The van der Waals surface area contributed by atoms with Crippen LogP contribution in [-0.4, -0.2) is 25.9 Å². The summed E-state index contributed by atoms with van der Waals surface area (Å²) in [6, 6.07) is 6.06. The first kappa shape index (κ1) is 32.3. The molecule has 36 heavy (non-hydrogen) atoms. The summed E-state index contributed by atoms with van der Waals surface area (Å²) in [7, 11) is 0. The molecule has 8 heteroatoms. The van der Waals surface area contributed by atoms with Crippen LogP contribution < -0.4 is 5.32 Å². The maximum Gasteiger partial charge on any atom is 0.416 e. The van der Waals surface area contributed by atoms with Crippen molar-refractivity contribution in [2.45, 2.75) is 97.3 Å². The van der Waals surface area contributed by atoms with E-state index in [4.69, 9.17) is 4.74 Å². The molecule has 208 valence electrons. The average Bonchev–Trinajstić information content (AvgIpc) is 2.78. The Labute approximate surface area is 212 Å². The van der Waals surface area contributed by atoms with E-state index in [9.17, 15) is 26.3 Å². The molecular weight excluding hydrogens is 480 g/mol. The lowest BCUT2D eigenvalue weighted by Gasteiger charge is -2.31. The van der Waals surface area contributed by atoms with Crippen LogP contribution in [-0.2, 0) is 10.9 Å². The normalized spacial score (nSPS) is 19.1. The molecule has 0 saturated heterocycles. The predicted octanol–water partition coefficient (Wildman–Crippen LogP) is 9.27. The maximum absolute atomic E-state index is 13.3. The van der Waals surface area contributed by atoms with E-state index in [2.05, 4.69) is 18.3 Å². The van der Waals surface area contributed by atoms with Crippen molar-refractivity contribution in [1.82, 2.24) is 5.32 Å². The zero-order chi connectivity index (χ0) is 27.2. The molecule has 2 atom stereocenters. The van der Waals surface area contributed by atoms with Gasteiger partial charge in [-0.2, -0.15) is 26.3 Å². The van der Waals surface area contributed by atoms with E-state index in [-0.39, 0.29) is 12.5 Å². The van der Waals surface area contributed by atoms with Gasteiger partial charge in [0.2, 0.25) is 0 Å². The highest BCUT2D eigenvalue weighted by Gasteiger charge is 2.36. The number of ether oxygens (including phenoxy) is 1. The molecule has 2 nitrogen and oxygen atoms in total. The minimum Gasteiger partial charge on any atom is -0.499 e. The van der Waals surface area contributed by atoms with Crippen LogP contribution in [0.15, 0.2) is 36.1 Å². The largest absolute Gasteiger partial charge is 0.499 e. The molecule has 1 aromatic rings. The molecule has 1 N–H and O–H groups in total. The summed E-state index contributed by atoms with van der Waals surface area (Å²) in [5.41, 5.74) is -0.00286. The van der Waals surface area contributed by atoms with Gasteiger partial charge < -0.3 is 10.1 Å². The predicted molar refractivity (Wildman–Crippen MR) is 134 cm³/mol. The SMILES string of the molecule is CC(C)CCNCCC(F)(F)F.CC/C=C(\CC1CCCC(c2ccccc2C(F)(F)F)C1)OCC. The first-order valence-electron chi connectivity index (χ1n) is 13.1. The smallest absolute Gasteiger partial charge is 0.416 e. The van der Waals surface area contributed by atoms with Gasteiger partial charge in [-0.3, -0.25) is 0 Å². The Morgan fingerprint density at radius 2 is 1.75 bits per heavy atom. The Morgan fingerprint density at radius 3 is 2.33 bits per heavy atom. The van der Waals surface area contributed by atoms with Gasteiger partial charge in [-0.25, -0.2) is 0 Å². The van der Waals surface area contributed by atoms with Crippen molar-refractivity contribution in [3.8, 4) is 0 Å². The number of allylic oxidation sites excluding steroid dienone is 2. The third-order valence-electron chi connectivity index (χ3n) is 6.22. The summed E-state index contributed by atoms with van der Waals surface area (Å²) in [5.74, 6) is 1.93. The van der Waals surface area contributed by atoms with Gasteiger partial charge in [0.25, 0.3) is 0 Å². The van der Waals surface area contributed by atoms with E-state index in [0.29, 0.717) is 30.6 Å². The second-order valence-electron chi connectivity index (χ2n) is 9.83. The molecule has 0 amide bonds. The number of hydrogen-bond acceptors (Lipinski definition) is 2. The Kier molecular flexibility index (Phi) is 14.6. The summed E-state index contributed by atoms with van der Waals surface area (Å²) in [4.78, 5) is 0. The van der Waals surface area contributed by atoms with E-state index in [1.165, 1.54) is 12.1 Å². The molecule has 1 aromatic carbocycles. The number of halogens is 6. The molecule has 1 aliphatic rings. The Hall–Kier alpha value is -1.70. The molecule has 0 spiro atoms. The zero-order valence-electron chi connectivity index (χ0n) is 22.1. The number of hydrogen-bond donors (Lipinski definition) is 1. The summed E-state index contributed by atoms with van der Waals surface area (Å²) >= 11 is 0. The van der Waals surface area contributed by atoms with E-state index in [0.717, 1.165) is 50.7 Å². The van der Waals surface area contributed by atoms with Crippen LogP contribution in [0.1, 0.15) is 96.1 Å². The second-order valence-corrected chi connectivity index (χ2v) is 9.83. The van der Waals surface area contributed by atoms with Crippen LogP contribution in [0.25, 0.3) is 0 Å². The highest BCUT2D eigenvalue weighted by molar-refractivity contribution is 5.33. The number of nitrogens with one attached hydrogen (secondary N) is 1. The highest BCUT2D eigenvalue weighted by atomic mass is 19.4. The van der Waals surface area contributed by atoms with E-state index in [1.54, 1.807) is 12.1 Å². The molecule has 0 aromatic heterocycles. The molecule has 0 radical (unpaired) electrons. The lowest BCUT2D eigenvalue weighted by molar-refractivity contribution is -0.138. The quantitative estimate of drug-likeness (QED) is 0.177. The summed E-state index contributed by atoms with van der Waals surface area (Å²) in [5, 5.41) is 2.75. The second kappa shape index (κ2) is 16.2. The third kappa shape index (κ3) is 13.6. The van der Waals surface area contributed by atoms with Gasteiger partial charge in [0.05, 0.1) is 24.4 Å². The van der Waals surface area contributed by atoms with Crippen LogP contribution in [0.2, 0.25) is 0 Å². The molecule has 1 aliphatic carbocycles. The van der Waals surface area contributed by atoms with E-state index < -0.39 is 24.3 Å². The Balaban J connectivity index is 0.000000457. The molecular formula is C28H43F6NO. The molecule has 1 fully saturated rings. The van der Waals surface area contributed by atoms with Crippen LogP contribution in [0, 0.1) is 11.8 Å². The van der Waals surface area contributed by atoms with Gasteiger partial charge in [0.15, 0.2) is 0 Å². The fraction of sp³-hybridized carbons (Fsp3) is 0.714. The van der Waals surface area contributed by atoms with Crippen molar-refractivity contribution in [3.05, 3.63) is 47.2 Å². The van der Waals surface area contributed by atoms with Crippen molar-refractivity contribution in [3.63, 3.8) is 0 Å². The number of benzene rings is 1. The highest BCUT2D eigenvalue weighted by Crippen LogP contribution is 2.43. The lowest BCUT2D eigenvalue weighted by atomic mass is 9.75. The molecule has 2 unspecified atom stereocenters. The van der Waals surface area contributed by atoms with E-state index in [1.807, 2.05) is 20.8 Å². The molecule has 2 rings (SSSR count). The molecule has 0 aliphatic heterocycles. The minimum absolute atomic E-state index is 0.00826. The summed E-state index contributed by atoms with van der Waals surface area (Å²) in [6.45, 7) is 9.48. The van der Waals surface area contributed by atoms with Gasteiger partial charge in [-0.1, -0.05) is 45.4 Å². The van der Waals surface area contributed by atoms with Gasteiger partial charge in [-0.05, 0) is 81.0 Å². The third-order valence-corrected chi connectivity index (χ3v) is 6.22. The first-order chi connectivity index (χ1) is 16.9. The Morgan fingerprint density at radius 1 is 1.06 bits per heavy atom. The van der Waals surface area contributed by atoms with Crippen LogP contribution in [0.3, 0.4) is 0 Å². The van der Waals surface area contributed by atoms with Gasteiger partial charge >= 0.3 is 12.4 Å². The first-order valence-corrected chi connectivity index (χ1v) is 13.1. The summed E-state index contributed by atoms with van der Waals surface area (Å²) < 4.78 is 80.3. The van der Waals surface area contributed by atoms with Crippen molar-refractivity contribution < 1.29 is 31.1 Å². The maximum atomic E-state index is 13.3. The van der Waals surface area contributed by atoms with Gasteiger partial charge in [0, 0.05) is 13.0 Å². The fourth-order valence-electron chi connectivity index (χ4n) is 4.51. The van der Waals surface area contributed by atoms with Crippen molar-refractivity contribution in [2.75, 3.05) is 19.7 Å². The van der Waals surface area contributed by atoms with Crippen molar-refractivity contribution in [1.29, 1.82) is 0 Å². The van der Waals surface area contributed by atoms with Crippen LogP contribution >= 0.6 is 0 Å². The zero-order valence-corrected chi connectivity index (χ0v) is 22.1. The lowest BCUT2D eigenvalue weighted by Crippen LogP contribution is -2.23. The topological polar surface area (TPSA) is 21.3 Å². The monoisotopic (exact) mass is 523 g/mol. The average molecular weight is 524 g/mol. The number of alkyl halides is 6. The fourth-order valence-corrected chi connectivity index (χ4v) is 4.51. The number of rotatable bonds is 11. The molecule has 0 heterocycles. The Bertz CT molecular complexity index is 757. The van der Waals surface area contributed by atoms with Gasteiger partial charge in [-0.15, -0.1) is 0 Å². The van der Waals surface area contributed by atoms with E-state index >= 15 is 0 Å². The molecule has 0 bridgehead atoms. The van der Waals surface area contributed by atoms with Crippen LogP contribution in [0.5, 0.6) is 0 Å².